The Morgan fingerprint density at radius 1 is 1.13 bits per heavy atom. The van der Waals surface area contributed by atoms with Gasteiger partial charge in [0.1, 0.15) is 16.3 Å². The van der Waals surface area contributed by atoms with Crippen molar-refractivity contribution in [1.29, 1.82) is 0 Å². The summed E-state index contributed by atoms with van der Waals surface area (Å²) < 4.78 is 0. The molecular formula is C22H28N6OS. The number of hydrogen-bond acceptors (Lipinski definition) is 8. The van der Waals surface area contributed by atoms with Gasteiger partial charge in [-0.15, -0.1) is 11.3 Å². The smallest absolute Gasteiger partial charge is 0.183 e. The number of hydrogen-bond donors (Lipinski definition) is 2. The molecule has 0 unspecified atom stereocenters. The maximum atomic E-state index is 9.16. The van der Waals surface area contributed by atoms with E-state index in [4.69, 9.17) is 15.1 Å². The van der Waals surface area contributed by atoms with Crippen LogP contribution in [0.1, 0.15) is 36.1 Å². The first-order chi connectivity index (χ1) is 14.8. The zero-order valence-corrected chi connectivity index (χ0v) is 18.0. The second-order valence-electron chi connectivity index (χ2n) is 8.27. The van der Waals surface area contributed by atoms with Crippen molar-refractivity contribution in [2.45, 2.75) is 38.5 Å². The molecular weight excluding hydrogens is 396 g/mol. The van der Waals surface area contributed by atoms with Crippen molar-refractivity contribution in [2.75, 3.05) is 38.1 Å². The third-order valence-electron chi connectivity index (χ3n) is 6.29. The average Bonchev–Trinajstić information content (AvgIpc) is 3.18. The Morgan fingerprint density at radius 2 is 2.00 bits per heavy atom. The highest BCUT2D eigenvalue weighted by molar-refractivity contribution is 7.19. The van der Waals surface area contributed by atoms with Crippen molar-refractivity contribution < 1.29 is 5.11 Å². The largest absolute Gasteiger partial charge is 0.395 e. The summed E-state index contributed by atoms with van der Waals surface area (Å²) in [6, 6.07) is 0. The molecule has 158 valence electrons. The van der Waals surface area contributed by atoms with E-state index in [1.54, 1.807) is 18.6 Å². The molecule has 7 nitrogen and oxygen atoms in total. The minimum Gasteiger partial charge on any atom is -0.395 e. The van der Waals surface area contributed by atoms with E-state index >= 15 is 0 Å². The number of piperidine rings is 1. The number of β-amino-alcohol motifs (C(OH)–C–C–N with tert-alkyl or cyclic N) is 1. The van der Waals surface area contributed by atoms with Gasteiger partial charge in [-0.2, -0.15) is 0 Å². The van der Waals surface area contributed by atoms with Gasteiger partial charge in [0, 0.05) is 30.4 Å². The summed E-state index contributed by atoms with van der Waals surface area (Å²) in [4.78, 5) is 23.3. The van der Waals surface area contributed by atoms with Gasteiger partial charge >= 0.3 is 0 Å². The summed E-state index contributed by atoms with van der Waals surface area (Å²) in [5, 5.41) is 14.1. The quantitative estimate of drug-likeness (QED) is 0.628. The number of thiophene rings is 1. The number of anilines is 1. The van der Waals surface area contributed by atoms with Gasteiger partial charge in [-0.25, -0.2) is 15.0 Å². The van der Waals surface area contributed by atoms with E-state index in [0.29, 0.717) is 17.4 Å². The summed E-state index contributed by atoms with van der Waals surface area (Å²) in [5.41, 5.74) is 2.17. The fraction of sp³-hybridized carbons (Fsp3) is 0.545. The molecule has 2 aliphatic rings. The van der Waals surface area contributed by atoms with Crippen LogP contribution in [-0.2, 0) is 12.8 Å². The first-order valence-electron chi connectivity index (χ1n) is 11.0. The van der Waals surface area contributed by atoms with E-state index in [2.05, 4.69) is 20.2 Å². The number of rotatable bonds is 6. The van der Waals surface area contributed by atoms with Gasteiger partial charge in [0.2, 0.25) is 0 Å². The second kappa shape index (κ2) is 8.91. The van der Waals surface area contributed by atoms with E-state index in [-0.39, 0.29) is 6.61 Å². The Kier molecular flexibility index (Phi) is 5.88. The Morgan fingerprint density at radius 3 is 2.80 bits per heavy atom. The van der Waals surface area contributed by atoms with Gasteiger partial charge in [0.15, 0.2) is 5.82 Å². The van der Waals surface area contributed by atoms with Gasteiger partial charge in [-0.3, -0.25) is 4.98 Å². The molecule has 3 aromatic rings. The number of likely N-dealkylation sites (tertiary alicyclic amines) is 1. The summed E-state index contributed by atoms with van der Waals surface area (Å²) in [5.74, 6) is 2.23. The zero-order valence-electron chi connectivity index (χ0n) is 17.2. The van der Waals surface area contributed by atoms with Crippen molar-refractivity contribution in [2.24, 2.45) is 5.92 Å². The standard InChI is InChI=1S/C22H28N6OS/c29-12-11-28-9-5-15(6-10-28)13-25-21-19-16-3-1-2-4-18(16)30-22(19)27-20(26-21)17-14-23-7-8-24-17/h7-8,14-15,29H,1-6,9-13H2,(H,25,26,27). The van der Waals surface area contributed by atoms with E-state index in [9.17, 15) is 0 Å². The summed E-state index contributed by atoms with van der Waals surface area (Å²) >= 11 is 1.82. The van der Waals surface area contributed by atoms with Crippen LogP contribution in [0, 0.1) is 5.92 Å². The van der Waals surface area contributed by atoms with Crippen molar-refractivity contribution in [3.05, 3.63) is 29.0 Å². The molecule has 0 amide bonds. The van der Waals surface area contributed by atoms with Gasteiger partial charge in [-0.1, -0.05) is 0 Å². The molecule has 1 aliphatic heterocycles. The van der Waals surface area contributed by atoms with Gasteiger partial charge in [-0.05, 0) is 63.1 Å². The first-order valence-corrected chi connectivity index (χ1v) is 11.8. The van der Waals surface area contributed by atoms with Crippen molar-refractivity contribution >= 4 is 27.4 Å². The summed E-state index contributed by atoms with van der Waals surface area (Å²) in [6.45, 7) is 4.07. The van der Waals surface area contributed by atoms with Gasteiger partial charge < -0.3 is 15.3 Å². The monoisotopic (exact) mass is 424 g/mol. The van der Waals surface area contributed by atoms with Crippen LogP contribution in [0.3, 0.4) is 0 Å². The number of aromatic nitrogens is 4. The fourth-order valence-corrected chi connectivity index (χ4v) is 5.87. The van der Waals surface area contributed by atoms with Crippen LogP contribution in [0.4, 0.5) is 5.82 Å². The lowest BCUT2D eigenvalue weighted by Crippen LogP contribution is -2.37. The molecule has 0 radical (unpaired) electrons. The van der Waals surface area contributed by atoms with Crippen molar-refractivity contribution in [1.82, 2.24) is 24.8 Å². The van der Waals surface area contributed by atoms with E-state index in [1.807, 2.05) is 11.3 Å². The number of fused-ring (bicyclic) bond motifs is 3. The molecule has 0 spiro atoms. The topological polar surface area (TPSA) is 87.1 Å². The van der Waals surface area contributed by atoms with E-state index in [0.717, 1.165) is 62.5 Å². The zero-order chi connectivity index (χ0) is 20.3. The maximum absolute atomic E-state index is 9.16. The van der Waals surface area contributed by atoms with Crippen molar-refractivity contribution in [3.63, 3.8) is 0 Å². The summed E-state index contributed by atoms with van der Waals surface area (Å²) in [6.07, 6.45) is 12.2. The summed E-state index contributed by atoms with van der Waals surface area (Å²) in [7, 11) is 0. The third kappa shape index (κ3) is 4.04. The molecule has 0 atom stereocenters. The molecule has 8 heteroatoms. The number of aryl methyl sites for hydroxylation is 2. The van der Waals surface area contributed by atoms with Crippen LogP contribution in [-0.4, -0.2) is 62.7 Å². The third-order valence-corrected chi connectivity index (χ3v) is 7.47. The first kappa shape index (κ1) is 19.8. The molecule has 0 aromatic carbocycles. The van der Waals surface area contributed by atoms with Crippen LogP contribution in [0.2, 0.25) is 0 Å². The van der Waals surface area contributed by atoms with Crippen LogP contribution >= 0.6 is 11.3 Å². The predicted octanol–water partition coefficient (Wildman–Crippen LogP) is 3.14. The molecule has 1 aliphatic carbocycles. The number of nitrogens with one attached hydrogen (secondary N) is 1. The fourth-order valence-electron chi connectivity index (χ4n) is 4.61. The minimum atomic E-state index is 0.246. The minimum absolute atomic E-state index is 0.246. The molecule has 0 saturated carbocycles. The Bertz CT molecular complexity index is 1000. The molecule has 3 aromatic heterocycles. The molecule has 5 rings (SSSR count). The Balaban J connectivity index is 1.43. The normalized spacial score (nSPS) is 17.9. The van der Waals surface area contributed by atoms with E-state index < -0.39 is 0 Å². The highest BCUT2D eigenvalue weighted by atomic mass is 32.1. The van der Waals surface area contributed by atoms with Crippen LogP contribution in [0.25, 0.3) is 21.7 Å². The Hall–Kier alpha value is -2.16. The number of aliphatic hydroxyl groups excluding tert-OH is 1. The van der Waals surface area contributed by atoms with Crippen LogP contribution < -0.4 is 5.32 Å². The van der Waals surface area contributed by atoms with E-state index in [1.165, 1.54) is 28.7 Å². The average molecular weight is 425 g/mol. The SMILES string of the molecule is OCCN1CCC(CNc2nc(-c3cnccn3)nc3sc4c(c23)CCCC4)CC1. The molecule has 30 heavy (non-hydrogen) atoms. The lowest BCUT2D eigenvalue weighted by Gasteiger charge is -2.31. The van der Waals surface area contributed by atoms with Gasteiger partial charge in [0.05, 0.1) is 18.2 Å². The number of aliphatic hydroxyl groups is 1. The molecule has 1 fully saturated rings. The molecule has 2 N–H and O–H groups in total. The Labute approximate surface area is 180 Å². The van der Waals surface area contributed by atoms with Crippen LogP contribution in [0.15, 0.2) is 18.6 Å². The number of nitrogens with zero attached hydrogens (tertiary/aromatic N) is 5. The van der Waals surface area contributed by atoms with Crippen molar-refractivity contribution in [3.8, 4) is 11.5 Å². The molecule has 1 saturated heterocycles. The maximum Gasteiger partial charge on any atom is 0.183 e. The van der Waals surface area contributed by atoms with Crippen LogP contribution in [0.5, 0.6) is 0 Å². The molecule has 0 bridgehead atoms. The second-order valence-corrected chi connectivity index (χ2v) is 9.35. The highest BCUT2D eigenvalue weighted by Crippen LogP contribution is 2.39. The molecule has 4 heterocycles. The van der Waals surface area contributed by atoms with Gasteiger partial charge in [0.25, 0.3) is 0 Å². The predicted molar refractivity (Wildman–Crippen MR) is 120 cm³/mol. The lowest BCUT2D eigenvalue weighted by molar-refractivity contribution is 0.151. The lowest BCUT2D eigenvalue weighted by atomic mass is 9.96. The highest BCUT2D eigenvalue weighted by Gasteiger charge is 2.23.